The van der Waals surface area contributed by atoms with Gasteiger partial charge in [0.1, 0.15) is 0 Å². The van der Waals surface area contributed by atoms with E-state index in [1.807, 2.05) is 17.0 Å². The third kappa shape index (κ3) is 3.84. The predicted molar refractivity (Wildman–Crippen MR) is 101 cm³/mol. The third-order valence-corrected chi connectivity index (χ3v) is 5.36. The van der Waals surface area contributed by atoms with Crippen LogP contribution >= 0.6 is 0 Å². The number of carbonyl (C=O) groups excluding carboxylic acids is 1. The summed E-state index contributed by atoms with van der Waals surface area (Å²) in [5.41, 5.74) is 1.42. The summed E-state index contributed by atoms with van der Waals surface area (Å²) in [7, 11) is 0. The van der Waals surface area contributed by atoms with Crippen LogP contribution in [0.5, 0.6) is 0 Å². The van der Waals surface area contributed by atoms with Crippen molar-refractivity contribution in [3.05, 3.63) is 42.5 Å². The van der Waals surface area contributed by atoms with Crippen LogP contribution in [0.1, 0.15) is 30.1 Å². The van der Waals surface area contributed by atoms with Crippen LogP contribution in [-0.2, 0) is 4.74 Å². The molecule has 2 aliphatic heterocycles. The molecule has 7 heteroatoms. The van der Waals surface area contributed by atoms with Crippen molar-refractivity contribution >= 4 is 5.91 Å². The Morgan fingerprint density at radius 2 is 1.96 bits per heavy atom. The van der Waals surface area contributed by atoms with E-state index in [1.54, 1.807) is 24.8 Å². The van der Waals surface area contributed by atoms with Crippen LogP contribution in [0.15, 0.2) is 36.9 Å². The second-order valence-electron chi connectivity index (χ2n) is 7.15. The van der Waals surface area contributed by atoms with E-state index in [4.69, 9.17) is 4.74 Å². The molecule has 0 saturated carbocycles. The Labute approximate surface area is 159 Å². The second-order valence-corrected chi connectivity index (χ2v) is 7.15. The van der Waals surface area contributed by atoms with Crippen LogP contribution in [-0.4, -0.2) is 75.6 Å². The Hall–Kier alpha value is -2.38. The summed E-state index contributed by atoms with van der Waals surface area (Å²) in [6.07, 6.45) is 8.95. The smallest absolute Gasteiger partial charge is 0.257 e. The maximum atomic E-state index is 12.9. The highest BCUT2D eigenvalue weighted by molar-refractivity contribution is 5.93. The summed E-state index contributed by atoms with van der Waals surface area (Å²) >= 11 is 0. The van der Waals surface area contributed by atoms with E-state index in [2.05, 4.69) is 26.8 Å². The highest BCUT2D eigenvalue weighted by Crippen LogP contribution is 2.22. The van der Waals surface area contributed by atoms with E-state index in [0.717, 1.165) is 38.1 Å². The van der Waals surface area contributed by atoms with Gasteiger partial charge in [0, 0.05) is 56.0 Å². The molecule has 1 amide bonds. The van der Waals surface area contributed by atoms with Crippen molar-refractivity contribution in [1.82, 2.24) is 24.8 Å². The Morgan fingerprint density at radius 1 is 1.19 bits per heavy atom. The summed E-state index contributed by atoms with van der Waals surface area (Å²) in [5.74, 6) is 0.593. The standard InChI is InChI=1S/C20H25N5O2/c1-2-3-17-13-27-14-18-12-24(8-9-25(17)18)20(26)16-10-22-19(23-11-16)15-4-6-21-7-5-15/h4-7,10-11,17-18H,2-3,8-9,12-14H2,1H3/t17-,18+/m0/s1. The van der Waals surface area contributed by atoms with Crippen molar-refractivity contribution in [2.75, 3.05) is 32.8 Å². The van der Waals surface area contributed by atoms with Crippen molar-refractivity contribution in [3.8, 4) is 11.4 Å². The number of nitrogens with zero attached hydrogens (tertiary/aromatic N) is 5. The third-order valence-electron chi connectivity index (χ3n) is 5.36. The summed E-state index contributed by atoms with van der Waals surface area (Å²) in [6.45, 7) is 6.05. The maximum Gasteiger partial charge on any atom is 0.257 e. The second kappa shape index (κ2) is 8.10. The number of ether oxygens (including phenoxy) is 1. The van der Waals surface area contributed by atoms with Gasteiger partial charge in [-0.05, 0) is 18.6 Å². The van der Waals surface area contributed by atoms with Gasteiger partial charge in [-0.2, -0.15) is 0 Å². The lowest BCUT2D eigenvalue weighted by Gasteiger charge is -2.48. The molecular weight excluding hydrogens is 342 g/mol. The van der Waals surface area contributed by atoms with Crippen molar-refractivity contribution in [3.63, 3.8) is 0 Å². The Balaban J connectivity index is 1.43. The molecule has 0 bridgehead atoms. The fourth-order valence-corrected chi connectivity index (χ4v) is 3.97. The largest absolute Gasteiger partial charge is 0.378 e. The number of pyridine rings is 1. The normalized spacial score (nSPS) is 23.1. The van der Waals surface area contributed by atoms with Crippen LogP contribution in [0.2, 0.25) is 0 Å². The van der Waals surface area contributed by atoms with E-state index in [-0.39, 0.29) is 11.9 Å². The first-order chi connectivity index (χ1) is 13.3. The van der Waals surface area contributed by atoms with Crippen molar-refractivity contribution < 1.29 is 9.53 Å². The van der Waals surface area contributed by atoms with Crippen LogP contribution in [0.25, 0.3) is 11.4 Å². The van der Waals surface area contributed by atoms with Gasteiger partial charge in [0.15, 0.2) is 5.82 Å². The molecule has 27 heavy (non-hydrogen) atoms. The molecule has 0 spiro atoms. The van der Waals surface area contributed by atoms with Gasteiger partial charge < -0.3 is 9.64 Å². The molecular formula is C20H25N5O2. The lowest BCUT2D eigenvalue weighted by Crippen LogP contribution is -2.62. The van der Waals surface area contributed by atoms with Gasteiger partial charge in [-0.25, -0.2) is 9.97 Å². The maximum absolute atomic E-state index is 12.9. The molecule has 0 aliphatic carbocycles. The number of amides is 1. The molecule has 2 aromatic rings. The molecule has 7 nitrogen and oxygen atoms in total. The lowest BCUT2D eigenvalue weighted by molar-refractivity contribution is -0.0776. The van der Waals surface area contributed by atoms with Gasteiger partial charge in [-0.15, -0.1) is 0 Å². The van der Waals surface area contributed by atoms with Crippen LogP contribution in [0.4, 0.5) is 0 Å². The van der Waals surface area contributed by atoms with Crippen LogP contribution < -0.4 is 0 Å². The number of hydrogen-bond acceptors (Lipinski definition) is 6. The quantitative estimate of drug-likeness (QED) is 0.821. The summed E-state index contributed by atoms with van der Waals surface area (Å²) in [5, 5.41) is 0. The molecule has 4 heterocycles. The molecule has 0 unspecified atom stereocenters. The molecule has 2 aliphatic rings. The average Bonchev–Trinajstić information content (AvgIpc) is 2.74. The summed E-state index contributed by atoms with van der Waals surface area (Å²) < 4.78 is 5.79. The fourth-order valence-electron chi connectivity index (χ4n) is 3.97. The minimum absolute atomic E-state index is 0.00598. The molecule has 0 N–H and O–H groups in total. The lowest BCUT2D eigenvalue weighted by atomic mass is 10.0. The molecule has 2 aromatic heterocycles. The Morgan fingerprint density at radius 3 is 2.70 bits per heavy atom. The van der Waals surface area contributed by atoms with Crippen LogP contribution in [0, 0.1) is 0 Å². The minimum Gasteiger partial charge on any atom is -0.378 e. The van der Waals surface area contributed by atoms with E-state index in [1.165, 1.54) is 0 Å². The fraction of sp³-hybridized carbons (Fsp3) is 0.500. The predicted octanol–water partition coefficient (Wildman–Crippen LogP) is 1.86. The van der Waals surface area contributed by atoms with E-state index in [9.17, 15) is 4.79 Å². The molecule has 142 valence electrons. The summed E-state index contributed by atoms with van der Waals surface area (Å²) in [4.78, 5) is 30.1. The number of hydrogen-bond donors (Lipinski definition) is 0. The topological polar surface area (TPSA) is 71.5 Å². The van der Waals surface area contributed by atoms with E-state index in [0.29, 0.717) is 30.6 Å². The highest BCUT2D eigenvalue weighted by atomic mass is 16.5. The van der Waals surface area contributed by atoms with Gasteiger partial charge >= 0.3 is 0 Å². The molecule has 2 saturated heterocycles. The zero-order chi connectivity index (χ0) is 18.6. The molecule has 2 atom stereocenters. The highest BCUT2D eigenvalue weighted by Gasteiger charge is 2.36. The van der Waals surface area contributed by atoms with Crippen LogP contribution in [0.3, 0.4) is 0 Å². The zero-order valence-electron chi connectivity index (χ0n) is 15.6. The molecule has 4 rings (SSSR count). The Kier molecular flexibility index (Phi) is 5.40. The first-order valence-electron chi connectivity index (χ1n) is 9.61. The molecule has 0 radical (unpaired) electrons. The number of carbonyl (C=O) groups is 1. The number of piperazine rings is 1. The van der Waals surface area contributed by atoms with Crippen molar-refractivity contribution in [2.24, 2.45) is 0 Å². The van der Waals surface area contributed by atoms with Gasteiger partial charge in [0.25, 0.3) is 5.91 Å². The van der Waals surface area contributed by atoms with E-state index < -0.39 is 0 Å². The first-order valence-corrected chi connectivity index (χ1v) is 9.61. The minimum atomic E-state index is -0.00598. The first kappa shape index (κ1) is 18.0. The number of rotatable bonds is 4. The average molecular weight is 367 g/mol. The zero-order valence-corrected chi connectivity index (χ0v) is 15.6. The number of aromatic nitrogens is 3. The molecule has 2 fully saturated rings. The van der Waals surface area contributed by atoms with E-state index >= 15 is 0 Å². The SMILES string of the molecule is CCC[C@H]1COC[C@H]2CN(C(=O)c3cnc(-c4ccncc4)nc3)CCN12. The molecule has 0 aromatic carbocycles. The number of morpholine rings is 1. The van der Waals surface area contributed by atoms with Gasteiger partial charge in [-0.1, -0.05) is 13.3 Å². The summed E-state index contributed by atoms with van der Waals surface area (Å²) in [6, 6.07) is 4.47. The van der Waals surface area contributed by atoms with Crippen molar-refractivity contribution in [1.29, 1.82) is 0 Å². The monoisotopic (exact) mass is 367 g/mol. The Bertz CT molecular complexity index is 766. The van der Waals surface area contributed by atoms with Crippen molar-refractivity contribution in [2.45, 2.75) is 31.8 Å². The van der Waals surface area contributed by atoms with Gasteiger partial charge in [0.2, 0.25) is 0 Å². The number of fused-ring (bicyclic) bond motifs is 1. The van der Waals surface area contributed by atoms with Gasteiger partial charge in [0.05, 0.1) is 24.8 Å². The van der Waals surface area contributed by atoms with Gasteiger partial charge in [-0.3, -0.25) is 14.7 Å².